The molecule has 1 aromatic heterocycles. The van der Waals surface area contributed by atoms with Crippen LogP contribution >= 0.6 is 62.3 Å². The fraction of sp³-hybridized carbons (Fsp3) is 0.278. The van der Waals surface area contributed by atoms with Crippen LogP contribution in [0.5, 0.6) is 11.5 Å². The van der Waals surface area contributed by atoms with Gasteiger partial charge in [-0.15, -0.1) is 0 Å². The molecule has 5 nitrogen and oxygen atoms in total. The Morgan fingerprint density at radius 1 is 1.14 bits per heavy atom. The summed E-state index contributed by atoms with van der Waals surface area (Å²) in [6.45, 7) is 1.08. The van der Waals surface area contributed by atoms with Crippen molar-refractivity contribution in [3.63, 3.8) is 0 Å². The summed E-state index contributed by atoms with van der Waals surface area (Å²) in [6, 6.07) is 6.46. The topological polar surface area (TPSA) is 60.7 Å². The Balaban J connectivity index is 1.72. The van der Waals surface area contributed by atoms with E-state index in [4.69, 9.17) is 60.3 Å². The van der Waals surface area contributed by atoms with Crippen molar-refractivity contribution >= 4 is 68.2 Å². The third kappa shape index (κ3) is 7.76. The van der Waals surface area contributed by atoms with Gasteiger partial charge in [-0.2, -0.15) is 0 Å². The zero-order valence-corrected chi connectivity index (χ0v) is 19.1. The first kappa shape index (κ1) is 23.2. The zero-order chi connectivity index (χ0) is 20.5. The highest BCUT2D eigenvalue weighted by atomic mass is 79.9. The number of ether oxygens (including phenoxy) is 2. The number of nitrogens with one attached hydrogen (secondary N) is 1. The molecule has 0 aliphatic rings. The molecule has 0 unspecified atom stereocenters. The number of unbranched alkanes of at least 4 members (excludes halogenated alkanes) is 1. The van der Waals surface area contributed by atoms with Gasteiger partial charge >= 0.3 is 0 Å². The number of carbonyl (C=O) groups excluding carboxylic acids is 1. The highest BCUT2D eigenvalue weighted by molar-refractivity contribution is 9.10. The molecule has 2 aromatic rings. The molecule has 1 heterocycles. The van der Waals surface area contributed by atoms with Crippen LogP contribution in [0, 0.1) is 0 Å². The van der Waals surface area contributed by atoms with E-state index in [1.807, 2.05) is 0 Å². The Labute approximate surface area is 191 Å². The molecule has 0 aliphatic carbocycles. The number of hydrogen-bond acceptors (Lipinski definition) is 4. The van der Waals surface area contributed by atoms with Gasteiger partial charge in [-0.1, -0.05) is 46.4 Å². The van der Waals surface area contributed by atoms with E-state index >= 15 is 0 Å². The number of halogens is 5. The van der Waals surface area contributed by atoms with Gasteiger partial charge in [-0.3, -0.25) is 4.79 Å². The molecular formula is C18H16BrCl4NO4. The summed E-state index contributed by atoms with van der Waals surface area (Å²) >= 11 is 26.6. The van der Waals surface area contributed by atoms with Crippen LogP contribution in [-0.4, -0.2) is 25.7 Å². The van der Waals surface area contributed by atoms with Crippen LogP contribution in [0.2, 0.25) is 10.0 Å². The number of furan rings is 1. The van der Waals surface area contributed by atoms with Gasteiger partial charge in [-0.25, -0.2) is 0 Å². The highest BCUT2D eigenvalue weighted by Gasteiger charge is 2.11. The summed E-state index contributed by atoms with van der Waals surface area (Å²) in [4.78, 5) is 11.8. The normalized spacial score (nSPS) is 10.5. The average molecular weight is 532 g/mol. The second-order valence-electron chi connectivity index (χ2n) is 5.44. The molecule has 0 bridgehead atoms. The number of hydrogen-bond donors (Lipinski definition) is 1. The van der Waals surface area contributed by atoms with E-state index in [9.17, 15) is 4.79 Å². The fourth-order valence-electron chi connectivity index (χ4n) is 2.09. The van der Waals surface area contributed by atoms with Crippen molar-refractivity contribution in [1.82, 2.24) is 5.32 Å². The Hall–Kier alpha value is -1.05. The first-order valence-electron chi connectivity index (χ1n) is 8.16. The molecule has 0 saturated heterocycles. The van der Waals surface area contributed by atoms with E-state index in [-0.39, 0.29) is 22.8 Å². The fourth-order valence-corrected chi connectivity index (χ4v) is 3.09. The second-order valence-corrected chi connectivity index (χ2v) is 8.04. The van der Waals surface area contributed by atoms with Crippen LogP contribution < -0.4 is 14.8 Å². The molecule has 1 N–H and O–H groups in total. The standard InChI is InChI=1S/C18H16BrCl4NO4/c19-15-4-3-14(28-15)18(25)24-6-1-2-7-27-17-12(20)9-11(10-13(17)21)26-8-5-16(22)23/h3-5,9-10H,1-2,6-8H2,(H,24,25). The van der Waals surface area contributed by atoms with E-state index in [1.54, 1.807) is 24.3 Å². The molecule has 0 aliphatic heterocycles. The molecule has 0 atom stereocenters. The third-order valence-corrected chi connectivity index (χ3v) is 4.66. The van der Waals surface area contributed by atoms with Gasteiger partial charge in [0.25, 0.3) is 5.91 Å². The maximum absolute atomic E-state index is 11.8. The van der Waals surface area contributed by atoms with E-state index < -0.39 is 0 Å². The Morgan fingerprint density at radius 3 is 2.46 bits per heavy atom. The van der Waals surface area contributed by atoms with Crippen molar-refractivity contribution in [2.45, 2.75) is 12.8 Å². The lowest BCUT2D eigenvalue weighted by Crippen LogP contribution is -2.24. The Kier molecular flexibility index (Phi) is 9.82. The van der Waals surface area contributed by atoms with Gasteiger partial charge in [0.2, 0.25) is 0 Å². The van der Waals surface area contributed by atoms with E-state index in [0.717, 1.165) is 6.42 Å². The predicted molar refractivity (Wildman–Crippen MR) is 115 cm³/mol. The minimum atomic E-state index is -0.265. The number of benzene rings is 1. The first-order chi connectivity index (χ1) is 13.4. The maximum Gasteiger partial charge on any atom is 0.287 e. The minimum Gasteiger partial charge on any atom is -0.490 e. The minimum absolute atomic E-state index is 0.116. The van der Waals surface area contributed by atoms with E-state index in [0.29, 0.717) is 45.8 Å². The molecule has 0 fully saturated rings. The quantitative estimate of drug-likeness (QED) is 0.349. The first-order valence-corrected chi connectivity index (χ1v) is 10.5. The molecule has 10 heteroatoms. The van der Waals surface area contributed by atoms with Gasteiger partial charge < -0.3 is 19.2 Å². The zero-order valence-electron chi connectivity index (χ0n) is 14.4. The maximum atomic E-state index is 11.8. The molecule has 1 amide bonds. The van der Waals surface area contributed by atoms with Crippen LogP contribution in [0.25, 0.3) is 0 Å². The van der Waals surface area contributed by atoms with Gasteiger partial charge in [0.05, 0.1) is 16.7 Å². The predicted octanol–water partition coefficient (Wildman–Crippen LogP) is 6.64. The van der Waals surface area contributed by atoms with Crippen LogP contribution in [0.1, 0.15) is 23.4 Å². The van der Waals surface area contributed by atoms with Crippen LogP contribution in [0.4, 0.5) is 0 Å². The molecule has 1 aromatic carbocycles. The van der Waals surface area contributed by atoms with Gasteiger partial charge in [0.1, 0.15) is 16.8 Å². The summed E-state index contributed by atoms with van der Waals surface area (Å²) in [5.74, 6) is 0.845. The molecule has 28 heavy (non-hydrogen) atoms. The van der Waals surface area contributed by atoms with E-state index in [1.165, 1.54) is 6.08 Å². The Bertz CT molecular complexity index is 814. The number of carbonyl (C=O) groups is 1. The van der Waals surface area contributed by atoms with Crippen LogP contribution in [0.15, 0.2) is 43.9 Å². The van der Waals surface area contributed by atoms with Crippen molar-refractivity contribution < 1.29 is 18.7 Å². The van der Waals surface area contributed by atoms with Crippen molar-refractivity contribution in [3.05, 3.63) is 55.3 Å². The van der Waals surface area contributed by atoms with Crippen molar-refractivity contribution in [2.75, 3.05) is 19.8 Å². The van der Waals surface area contributed by atoms with Crippen molar-refractivity contribution in [3.8, 4) is 11.5 Å². The third-order valence-electron chi connectivity index (χ3n) is 3.36. The molecule has 152 valence electrons. The number of amides is 1. The highest BCUT2D eigenvalue weighted by Crippen LogP contribution is 2.37. The largest absolute Gasteiger partial charge is 0.490 e. The van der Waals surface area contributed by atoms with Crippen LogP contribution in [0.3, 0.4) is 0 Å². The molecule has 0 saturated carbocycles. The molecule has 0 radical (unpaired) electrons. The van der Waals surface area contributed by atoms with E-state index in [2.05, 4.69) is 21.2 Å². The lowest BCUT2D eigenvalue weighted by atomic mass is 10.3. The second kappa shape index (κ2) is 11.8. The molecule has 0 spiro atoms. The summed E-state index contributed by atoms with van der Waals surface area (Å²) in [5.41, 5.74) is 0. The molecule has 2 rings (SSSR count). The molecular weight excluding hydrogens is 516 g/mol. The van der Waals surface area contributed by atoms with Gasteiger partial charge in [-0.05, 0) is 47.0 Å². The summed E-state index contributed by atoms with van der Waals surface area (Å²) in [6.07, 6.45) is 2.92. The van der Waals surface area contributed by atoms with Crippen molar-refractivity contribution in [2.24, 2.45) is 0 Å². The monoisotopic (exact) mass is 529 g/mol. The smallest absolute Gasteiger partial charge is 0.287 e. The van der Waals surface area contributed by atoms with Gasteiger partial charge in [0.15, 0.2) is 16.2 Å². The number of rotatable bonds is 10. The summed E-state index contributed by atoms with van der Waals surface area (Å²) < 4.78 is 16.9. The average Bonchev–Trinajstić information content (AvgIpc) is 3.06. The summed E-state index contributed by atoms with van der Waals surface area (Å²) in [7, 11) is 0. The van der Waals surface area contributed by atoms with Crippen molar-refractivity contribution in [1.29, 1.82) is 0 Å². The lowest BCUT2D eigenvalue weighted by molar-refractivity contribution is 0.0923. The Morgan fingerprint density at radius 2 is 1.86 bits per heavy atom. The van der Waals surface area contributed by atoms with Gasteiger partial charge in [0, 0.05) is 18.7 Å². The summed E-state index contributed by atoms with van der Waals surface area (Å²) in [5, 5.41) is 3.43. The lowest BCUT2D eigenvalue weighted by Gasteiger charge is -2.12. The SMILES string of the molecule is O=C(NCCCCOc1c(Cl)cc(OCC=C(Cl)Cl)cc1Cl)c1ccc(Br)o1. The van der Waals surface area contributed by atoms with Crippen LogP contribution in [-0.2, 0) is 0 Å².